The summed E-state index contributed by atoms with van der Waals surface area (Å²) in [5.41, 5.74) is 5.75. The van der Waals surface area contributed by atoms with Gasteiger partial charge in [0.25, 0.3) is 0 Å². The molecule has 0 bridgehead atoms. The van der Waals surface area contributed by atoms with Crippen LogP contribution in [0.2, 0.25) is 0 Å². The predicted molar refractivity (Wildman–Crippen MR) is 69.4 cm³/mol. The van der Waals surface area contributed by atoms with Gasteiger partial charge in [-0.3, -0.25) is 9.59 Å². The molecule has 0 aliphatic carbocycles. The Balaban J connectivity index is 2.00. The zero-order valence-corrected chi connectivity index (χ0v) is 9.98. The maximum Gasteiger partial charge on any atom is 0.249 e. The largest absolute Gasteiger partial charge is 0.272 e. The summed E-state index contributed by atoms with van der Waals surface area (Å²) in [4.78, 5) is 23.7. The SMILES string of the molecule is O=C1NN=CC1C(c1ccccc1)C1C=NNC1=O. The van der Waals surface area contributed by atoms with E-state index in [4.69, 9.17) is 0 Å². The van der Waals surface area contributed by atoms with Gasteiger partial charge in [0, 0.05) is 18.3 Å². The quantitative estimate of drug-likeness (QED) is 0.811. The average molecular weight is 256 g/mol. The van der Waals surface area contributed by atoms with Crippen molar-refractivity contribution in [1.29, 1.82) is 0 Å². The molecular weight excluding hydrogens is 244 g/mol. The summed E-state index contributed by atoms with van der Waals surface area (Å²) in [5, 5.41) is 7.58. The van der Waals surface area contributed by atoms with Crippen molar-refractivity contribution in [2.24, 2.45) is 22.0 Å². The Bertz CT molecular complexity index is 535. The second-order valence-electron chi connectivity index (χ2n) is 4.50. The van der Waals surface area contributed by atoms with Crippen molar-refractivity contribution < 1.29 is 9.59 Å². The maximum atomic E-state index is 11.8. The van der Waals surface area contributed by atoms with Crippen LogP contribution in [0.5, 0.6) is 0 Å². The van der Waals surface area contributed by atoms with Crippen molar-refractivity contribution in [3.05, 3.63) is 35.9 Å². The van der Waals surface area contributed by atoms with Gasteiger partial charge in [0.05, 0.1) is 11.8 Å². The predicted octanol–water partition coefficient (Wildman–Crippen LogP) is 0.234. The lowest BCUT2D eigenvalue weighted by Crippen LogP contribution is -2.35. The summed E-state index contributed by atoms with van der Waals surface area (Å²) in [6, 6.07) is 9.48. The molecule has 96 valence electrons. The van der Waals surface area contributed by atoms with Crippen LogP contribution in [0, 0.1) is 11.8 Å². The Morgan fingerprint density at radius 2 is 1.42 bits per heavy atom. The summed E-state index contributed by atoms with van der Waals surface area (Å²) in [7, 11) is 0. The third-order valence-corrected chi connectivity index (χ3v) is 3.38. The third-order valence-electron chi connectivity index (χ3n) is 3.38. The monoisotopic (exact) mass is 256 g/mol. The van der Waals surface area contributed by atoms with E-state index in [0.29, 0.717) is 0 Å². The first-order chi connectivity index (χ1) is 9.27. The molecule has 2 heterocycles. The summed E-state index contributed by atoms with van der Waals surface area (Å²) in [6.07, 6.45) is 3.11. The molecule has 2 aliphatic rings. The molecule has 2 aliphatic heterocycles. The minimum absolute atomic E-state index is 0.193. The van der Waals surface area contributed by atoms with Gasteiger partial charge in [0.2, 0.25) is 11.8 Å². The number of benzene rings is 1. The van der Waals surface area contributed by atoms with Gasteiger partial charge in [0.15, 0.2) is 0 Å². The van der Waals surface area contributed by atoms with Crippen LogP contribution in [-0.4, -0.2) is 24.2 Å². The topological polar surface area (TPSA) is 82.9 Å². The van der Waals surface area contributed by atoms with Gasteiger partial charge >= 0.3 is 0 Å². The summed E-state index contributed by atoms with van der Waals surface area (Å²) < 4.78 is 0. The molecule has 2 amide bonds. The third kappa shape index (κ3) is 2.01. The number of hydrogen-bond donors (Lipinski definition) is 2. The first kappa shape index (κ1) is 11.6. The molecule has 3 rings (SSSR count). The maximum absolute atomic E-state index is 11.8. The highest BCUT2D eigenvalue weighted by molar-refractivity contribution is 6.03. The Morgan fingerprint density at radius 3 is 1.84 bits per heavy atom. The van der Waals surface area contributed by atoms with Gasteiger partial charge < -0.3 is 0 Å². The molecule has 0 fully saturated rings. The van der Waals surface area contributed by atoms with E-state index in [-0.39, 0.29) is 17.7 Å². The zero-order valence-electron chi connectivity index (χ0n) is 9.98. The van der Waals surface area contributed by atoms with Crippen molar-refractivity contribution in [3.63, 3.8) is 0 Å². The molecule has 2 N–H and O–H groups in total. The Morgan fingerprint density at radius 1 is 0.895 bits per heavy atom. The van der Waals surface area contributed by atoms with Crippen molar-refractivity contribution >= 4 is 24.2 Å². The van der Waals surface area contributed by atoms with Gasteiger partial charge in [-0.15, -0.1) is 0 Å². The molecule has 0 spiro atoms. The van der Waals surface area contributed by atoms with Crippen LogP contribution >= 0.6 is 0 Å². The highest BCUT2D eigenvalue weighted by Crippen LogP contribution is 2.33. The van der Waals surface area contributed by atoms with Crippen LogP contribution in [-0.2, 0) is 9.59 Å². The minimum Gasteiger partial charge on any atom is -0.272 e. The van der Waals surface area contributed by atoms with Crippen LogP contribution in [0.15, 0.2) is 40.5 Å². The number of amides is 2. The zero-order chi connectivity index (χ0) is 13.2. The van der Waals surface area contributed by atoms with Crippen LogP contribution in [0.1, 0.15) is 11.5 Å². The molecule has 0 radical (unpaired) electrons. The fourth-order valence-electron chi connectivity index (χ4n) is 2.47. The van der Waals surface area contributed by atoms with E-state index in [0.717, 1.165) is 5.56 Å². The fourth-order valence-corrected chi connectivity index (χ4v) is 2.47. The van der Waals surface area contributed by atoms with Crippen LogP contribution in [0.4, 0.5) is 0 Å². The second kappa shape index (κ2) is 4.64. The van der Waals surface area contributed by atoms with Crippen molar-refractivity contribution in [2.75, 3.05) is 0 Å². The Hall–Kier alpha value is -2.50. The van der Waals surface area contributed by atoms with E-state index >= 15 is 0 Å². The van der Waals surface area contributed by atoms with E-state index in [1.165, 1.54) is 0 Å². The number of nitrogens with one attached hydrogen (secondary N) is 2. The first-order valence-corrected chi connectivity index (χ1v) is 5.98. The molecule has 0 saturated carbocycles. The Kier molecular flexibility index (Phi) is 2.83. The molecule has 19 heavy (non-hydrogen) atoms. The molecule has 0 saturated heterocycles. The number of rotatable bonds is 3. The van der Waals surface area contributed by atoms with E-state index < -0.39 is 11.8 Å². The summed E-state index contributed by atoms with van der Waals surface area (Å²) in [6.45, 7) is 0. The van der Waals surface area contributed by atoms with Gasteiger partial charge in [-0.05, 0) is 5.56 Å². The smallest absolute Gasteiger partial charge is 0.249 e. The number of nitrogens with zero attached hydrogens (tertiary/aromatic N) is 2. The van der Waals surface area contributed by atoms with Gasteiger partial charge in [0.1, 0.15) is 0 Å². The number of carbonyl (C=O) groups excluding carboxylic acids is 2. The summed E-state index contributed by atoms with van der Waals surface area (Å²) in [5.74, 6) is -1.59. The highest BCUT2D eigenvalue weighted by Gasteiger charge is 2.40. The van der Waals surface area contributed by atoms with E-state index in [1.807, 2.05) is 30.3 Å². The molecule has 6 nitrogen and oxygen atoms in total. The number of carbonyl (C=O) groups is 2. The molecule has 0 aromatic heterocycles. The molecule has 1 aromatic carbocycles. The van der Waals surface area contributed by atoms with Gasteiger partial charge in [-0.2, -0.15) is 10.2 Å². The standard InChI is InChI=1S/C13H12N4O2/c18-12-9(6-14-16-12)11(8-4-2-1-3-5-8)10-7-15-17-13(10)19/h1-7,9-11H,(H,16,18)(H,17,19). The minimum atomic E-state index is -0.456. The Labute approximate surface area is 109 Å². The molecule has 2 atom stereocenters. The normalized spacial score (nSPS) is 26.3. The molecule has 1 aromatic rings. The van der Waals surface area contributed by atoms with E-state index in [1.54, 1.807) is 12.4 Å². The van der Waals surface area contributed by atoms with Gasteiger partial charge in [-0.25, -0.2) is 10.9 Å². The summed E-state index contributed by atoms with van der Waals surface area (Å²) >= 11 is 0. The fraction of sp³-hybridized carbons (Fsp3) is 0.231. The lowest BCUT2D eigenvalue weighted by molar-refractivity contribution is -0.124. The second-order valence-corrected chi connectivity index (χ2v) is 4.50. The van der Waals surface area contributed by atoms with Crippen LogP contribution in [0.25, 0.3) is 0 Å². The molecule has 6 heteroatoms. The van der Waals surface area contributed by atoms with E-state index in [9.17, 15) is 9.59 Å². The number of hydrazone groups is 2. The van der Waals surface area contributed by atoms with Crippen molar-refractivity contribution in [3.8, 4) is 0 Å². The van der Waals surface area contributed by atoms with Crippen molar-refractivity contribution in [2.45, 2.75) is 5.92 Å². The lowest BCUT2D eigenvalue weighted by Gasteiger charge is -2.23. The highest BCUT2D eigenvalue weighted by atomic mass is 16.2. The average Bonchev–Trinajstić information content (AvgIpc) is 3.02. The van der Waals surface area contributed by atoms with Crippen molar-refractivity contribution in [1.82, 2.24) is 10.9 Å². The van der Waals surface area contributed by atoms with E-state index in [2.05, 4.69) is 21.1 Å². The molecule has 2 unspecified atom stereocenters. The van der Waals surface area contributed by atoms with Crippen LogP contribution < -0.4 is 10.9 Å². The molecular formula is C13H12N4O2. The van der Waals surface area contributed by atoms with Crippen LogP contribution in [0.3, 0.4) is 0 Å². The lowest BCUT2D eigenvalue weighted by atomic mass is 9.77. The van der Waals surface area contributed by atoms with Gasteiger partial charge in [-0.1, -0.05) is 30.3 Å². The number of hydrogen-bond acceptors (Lipinski definition) is 4. The first-order valence-electron chi connectivity index (χ1n) is 5.98.